The molecule has 0 aliphatic heterocycles. The zero-order valence-electron chi connectivity index (χ0n) is 7.30. The molecule has 70 valence electrons. The molecule has 0 radical (unpaired) electrons. The maximum atomic E-state index is 11.4. The van der Waals surface area contributed by atoms with Gasteiger partial charge in [-0.2, -0.15) is 0 Å². The second-order valence-corrected chi connectivity index (χ2v) is 3.98. The van der Waals surface area contributed by atoms with Crippen LogP contribution in [0.15, 0.2) is 24.9 Å². The van der Waals surface area contributed by atoms with Crippen molar-refractivity contribution in [2.75, 3.05) is 0 Å². The summed E-state index contributed by atoms with van der Waals surface area (Å²) in [6.45, 7) is 5.46. The molecule has 2 N–H and O–H groups in total. The lowest BCUT2D eigenvalue weighted by atomic mass is 10.3. The molecule has 1 amide bonds. The van der Waals surface area contributed by atoms with Crippen LogP contribution in [0.25, 0.3) is 0 Å². The SMILES string of the molecule is C=CC(C)NC(=O)c1cc(I)c[nH]1. The Balaban J connectivity index is 2.63. The van der Waals surface area contributed by atoms with E-state index in [1.807, 2.05) is 6.92 Å². The van der Waals surface area contributed by atoms with Crippen LogP contribution in [0.3, 0.4) is 0 Å². The van der Waals surface area contributed by atoms with Crippen LogP contribution < -0.4 is 5.32 Å². The topological polar surface area (TPSA) is 44.9 Å². The molecule has 0 saturated carbocycles. The molecule has 1 rings (SSSR count). The van der Waals surface area contributed by atoms with Gasteiger partial charge in [-0.1, -0.05) is 6.08 Å². The van der Waals surface area contributed by atoms with E-state index in [1.54, 1.807) is 18.3 Å². The summed E-state index contributed by atoms with van der Waals surface area (Å²) in [5, 5.41) is 2.77. The maximum Gasteiger partial charge on any atom is 0.268 e. The van der Waals surface area contributed by atoms with Gasteiger partial charge < -0.3 is 10.3 Å². The molecule has 1 atom stereocenters. The fourth-order valence-electron chi connectivity index (χ4n) is 0.842. The Labute approximate surface area is 90.7 Å². The highest BCUT2D eigenvalue weighted by Crippen LogP contribution is 2.06. The molecule has 0 spiro atoms. The Hall–Kier alpha value is -0.780. The first kappa shape index (κ1) is 10.3. The average molecular weight is 290 g/mol. The van der Waals surface area contributed by atoms with Crippen molar-refractivity contribution in [1.82, 2.24) is 10.3 Å². The van der Waals surface area contributed by atoms with Crippen molar-refractivity contribution >= 4 is 28.5 Å². The molecule has 0 fully saturated rings. The predicted octanol–water partition coefficient (Wildman–Crippen LogP) is 1.92. The lowest BCUT2D eigenvalue weighted by molar-refractivity contribution is 0.0942. The lowest BCUT2D eigenvalue weighted by Gasteiger charge is -2.06. The molecule has 0 aliphatic carbocycles. The first-order valence-electron chi connectivity index (χ1n) is 3.91. The molecule has 3 nitrogen and oxygen atoms in total. The molecule has 1 unspecified atom stereocenters. The monoisotopic (exact) mass is 290 g/mol. The largest absolute Gasteiger partial charge is 0.356 e. The molecule has 1 aromatic rings. The second-order valence-electron chi connectivity index (χ2n) is 2.73. The number of carbonyl (C=O) groups excluding carboxylic acids is 1. The molecule has 4 heteroatoms. The number of carbonyl (C=O) groups is 1. The van der Waals surface area contributed by atoms with E-state index in [1.165, 1.54) is 0 Å². The van der Waals surface area contributed by atoms with Gasteiger partial charge >= 0.3 is 0 Å². The van der Waals surface area contributed by atoms with Crippen molar-refractivity contribution in [2.45, 2.75) is 13.0 Å². The Morgan fingerprint density at radius 1 is 1.85 bits per heavy atom. The van der Waals surface area contributed by atoms with Crippen LogP contribution in [0, 0.1) is 3.57 Å². The third-order valence-electron chi connectivity index (χ3n) is 1.60. The number of halogens is 1. The first-order valence-corrected chi connectivity index (χ1v) is 4.98. The highest BCUT2D eigenvalue weighted by atomic mass is 127. The van der Waals surface area contributed by atoms with E-state index in [-0.39, 0.29) is 11.9 Å². The highest BCUT2D eigenvalue weighted by molar-refractivity contribution is 14.1. The summed E-state index contributed by atoms with van der Waals surface area (Å²) in [4.78, 5) is 14.3. The number of hydrogen-bond acceptors (Lipinski definition) is 1. The summed E-state index contributed by atoms with van der Waals surface area (Å²) in [7, 11) is 0. The van der Waals surface area contributed by atoms with Crippen LogP contribution in [0.4, 0.5) is 0 Å². The quantitative estimate of drug-likeness (QED) is 0.648. The number of H-pyrrole nitrogens is 1. The zero-order chi connectivity index (χ0) is 9.84. The van der Waals surface area contributed by atoms with Crippen LogP contribution in [0.1, 0.15) is 17.4 Å². The fourth-order valence-corrected chi connectivity index (χ4v) is 1.31. The molecule has 1 heterocycles. The molecule has 1 aromatic heterocycles. The number of amides is 1. The summed E-state index contributed by atoms with van der Waals surface area (Å²) in [6.07, 6.45) is 3.47. The van der Waals surface area contributed by atoms with Crippen LogP contribution in [0.5, 0.6) is 0 Å². The van der Waals surface area contributed by atoms with Gasteiger partial charge in [-0.25, -0.2) is 0 Å². The maximum absolute atomic E-state index is 11.4. The van der Waals surface area contributed by atoms with E-state index >= 15 is 0 Å². The van der Waals surface area contributed by atoms with E-state index in [4.69, 9.17) is 0 Å². The van der Waals surface area contributed by atoms with Crippen molar-refractivity contribution in [2.24, 2.45) is 0 Å². The van der Waals surface area contributed by atoms with Crippen LogP contribution in [-0.2, 0) is 0 Å². The second kappa shape index (κ2) is 4.45. The van der Waals surface area contributed by atoms with Gasteiger partial charge in [-0.15, -0.1) is 6.58 Å². The van der Waals surface area contributed by atoms with E-state index in [9.17, 15) is 4.79 Å². The normalized spacial score (nSPS) is 12.2. The number of aromatic nitrogens is 1. The van der Waals surface area contributed by atoms with E-state index in [2.05, 4.69) is 39.5 Å². The molecular formula is C9H11IN2O. The minimum atomic E-state index is -0.102. The Kier molecular flexibility index (Phi) is 3.53. The molecule has 0 aliphatic rings. The Morgan fingerprint density at radius 3 is 3.00 bits per heavy atom. The van der Waals surface area contributed by atoms with Crippen LogP contribution in [0.2, 0.25) is 0 Å². The van der Waals surface area contributed by atoms with Gasteiger partial charge in [0.1, 0.15) is 5.69 Å². The predicted molar refractivity (Wildman–Crippen MR) is 60.6 cm³/mol. The van der Waals surface area contributed by atoms with Crippen molar-refractivity contribution in [1.29, 1.82) is 0 Å². The number of nitrogens with one attached hydrogen (secondary N) is 2. The van der Waals surface area contributed by atoms with Crippen molar-refractivity contribution < 1.29 is 4.79 Å². The Morgan fingerprint density at radius 2 is 2.54 bits per heavy atom. The van der Waals surface area contributed by atoms with Gasteiger partial charge in [0.25, 0.3) is 5.91 Å². The molecular weight excluding hydrogens is 279 g/mol. The first-order chi connectivity index (χ1) is 6.13. The third kappa shape index (κ3) is 2.87. The smallest absolute Gasteiger partial charge is 0.268 e. The van der Waals surface area contributed by atoms with Gasteiger partial charge in [-0.05, 0) is 35.6 Å². The van der Waals surface area contributed by atoms with Crippen molar-refractivity contribution in [3.05, 3.63) is 34.2 Å². The van der Waals surface area contributed by atoms with Gasteiger partial charge in [0, 0.05) is 15.8 Å². The number of aromatic amines is 1. The standard InChI is InChI=1S/C9H11IN2O/c1-3-6(2)12-9(13)8-4-7(10)5-11-8/h3-6,11H,1H2,2H3,(H,12,13). The molecule has 0 bridgehead atoms. The highest BCUT2D eigenvalue weighted by Gasteiger charge is 2.08. The van der Waals surface area contributed by atoms with Crippen molar-refractivity contribution in [3.63, 3.8) is 0 Å². The molecule has 0 saturated heterocycles. The summed E-state index contributed by atoms with van der Waals surface area (Å²) < 4.78 is 1.02. The van der Waals surface area contributed by atoms with Gasteiger partial charge in [0.05, 0.1) is 0 Å². The Bertz CT molecular complexity index is 319. The average Bonchev–Trinajstić information content (AvgIpc) is 2.51. The summed E-state index contributed by atoms with van der Waals surface area (Å²) in [6, 6.07) is 1.79. The third-order valence-corrected chi connectivity index (χ3v) is 2.23. The lowest BCUT2D eigenvalue weighted by Crippen LogP contribution is -2.31. The summed E-state index contributed by atoms with van der Waals surface area (Å²) >= 11 is 2.15. The van der Waals surface area contributed by atoms with Crippen LogP contribution >= 0.6 is 22.6 Å². The van der Waals surface area contributed by atoms with Gasteiger partial charge in [0.2, 0.25) is 0 Å². The minimum Gasteiger partial charge on any atom is -0.356 e. The zero-order valence-corrected chi connectivity index (χ0v) is 9.46. The molecule has 0 aromatic carbocycles. The summed E-state index contributed by atoms with van der Waals surface area (Å²) in [5.74, 6) is -0.102. The van der Waals surface area contributed by atoms with Crippen molar-refractivity contribution in [3.8, 4) is 0 Å². The summed E-state index contributed by atoms with van der Waals surface area (Å²) in [5.41, 5.74) is 0.582. The number of rotatable bonds is 3. The van der Waals surface area contributed by atoms with E-state index in [0.717, 1.165) is 3.57 Å². The van der Waals surface area contributed by atoms with E-state index < -0.39 is 0 Å². The number of hydrogen-bond donors (Lipinski definition) is 2. The molecule has 13 heavy (non-hydrogen) atoms. The minimum absolute atomic E-state index is 0.00605. The van der Waals surface area contributed by atoms with E-state index in [0.29, 0.717) is 5.69 Å². The van der Waals surface area contributed by atoms with Gasteiger partial charge in [-0.3, -0.25) is 4.79 Å². The van der Waals surface area contributed by atoms with Gasteiger partial charge in [0.15, 0.2) is 0 Å². The van der Waals surface area contributed by atoms with Crippen LogP contribution in [-0.4, -0.2) is 16.9 Å². The fraction of sp³-hybridized carbons (Fsp3) is 0.222.